The fraction of sp³-hybridized carbons (Fsp3) is 0.143. The Morgan fingerprint density at radius 1 is 0.882 bits per heavy atom. The van der Waals surface area contributed by atoms with Crippen LogP contribution in [0.25, 0.3) is 11.1 Å². The summed E-state index contributed by atoms with van der Waals surface area (Å²) in [7, 11) is 0. The summed E-state index contributed by atoms with van der Waals surface area (Å²) in [5.74, 6) is -1.06. The number of benzene rings is 2. The number of rotatable bonds is 7. The van der Waals surface area contributed by atoms with E-state index in [1.54, 1.807) is 36.7 Å². The largest absolute Gasteiger partial charge is 0.478 e. The molecule has 0 bridgehead atoms. The first-order valence-corrected chi connectivity index (χ1v) is 11.0. The first-order chi connectivity index (χ1) is 16.5. The van der Waals surface area contributed by atoms with Gasteiger partial charge < -0.3 is 10.3 Å². The molecule has 1 atom stereocenters. The van der Waals surface area contributed by atoms with Crippen LogP contribution in [-0.2, 0) is 0 Å². The smallest absolute Gasteiger partial charge is 0.335 e. The van der Waals surface area contributed by atoms with Crippen LogP contribution in [-0.4, -0.2) is 32.0 Å². The van der Waals surface area contributed by atoms with E-state index in [0.717, 1.165) is 39.2 Å². The van der Waals surface area contributed by atoms with E-state index in [2.05, 4.69) is 15.1 Å². The van der Waals surface area contributed by atoms with E-state index in [1.165, 1.54) is 0 Å². The van der Waals surface area contributed by atoms with Gasteiger partial charge in [-0.2, -0.15) is 0 Å². The van der Waals surface area contributed by atoms with E-state index in [9.17, 15) is 10.0 Å². The van der Waals surface area contributed by atoms with Gasteiger partial charge in [-0.25, -0.2) is 4.79 Å². The highest BCUT2D eigenvalue weighted by Crippen LogP contribution is 2.32. The van der Waals surface area contributed by atoms with E-state index in [1.807, 2.05) is 62.4 Å². The third-order valence-electron chi connectivity index (χ3n) is 5.91. The first kappa shape index (κ1) is 22.9. The number of pyridine rings is 2. The van der Waals surface area contributed by atoms with Gasteiger partial charge in [0.2, 0.25) is 0 Å². The van der Waals surface area contributed by atoms with Crippen molar-refractivity contribution in [2.45, 2.75) is 26.2 Å². The zero-order chi connectivity index (χ0) is 24.1. The Bertz CT molecular complexity index is 1330. The normalized spacial score (nSPS) is 12.4. The molecule has 0 spiro atoms. The van der Waals surface area contributed by atoms with Crippen LogP contribution in [0.2, 0.25) is 0 Å². The molecule has 0 radical (unpaired) electrons. The fourth-order valence-electron chi connectivity index (χ4n) is 4.08. The highest BCUT2D eigenvalue weighted by Gasteiger charge is 2.22. The molecule has 2 aromatic carbocycles. The zero-order valence-electron chi connectivity index (χ0n) is 19.0. The van der Waals surface area contributed by atoms with Gasteiger partial charge >= 0.3 is 5.97 Å². The highest BCUT2D eigenvalue weighted by atomic mass is 16.4. The average Bonchev–Trinajstić information content (AvgIpc) is 2.86. The lowest BCUT2D eigenvalue weighted by Gasteiger charge is -2.20. The van der Waals surface area contributed by atoms with Crippen LogP contribution in [0, 0.1) is 13.8 Å². The summed E-state index contributed by atoms with van der Waals surface area (Å²) in [6.07, 6.45) is 3.95. The van der Waals surface area contributed by atoms with Crippen molar-refractivity contribution in [2.75, 3.05) is 0 Å². The summed E-state index contributed by atoms with van der Waals surface area (Å²) in [4.78, 5) is 20.0. The van der Waals surface area contributed by atoms with Crippen LogP contribution >= 0.6 is 0 Å². The van der Waals surface area contributed by atoms with E-state index in [-0.39, 0.29) is 11.5 Å². The molecule has 0 amide bonds. The van der Waals surface area contributed by atoms with Crippen molar-refractivity contribution in [1.29, 1.82) is 0 Å². The number of aromatic carboxylic acids is 1. The second-order valence-corrected chi connectivity index (χ2v) is 8.20. The molecular formula is C28H25N3O3. The second kappa shape index (κ2) is 10.1. The van der Waals surface area contributed by atoms with Gasteiger partial charge in [0.1, 0.15) is 0 Å². The predicted molar refractivity (Wildman–Crippen MR) is 132 cm³/mol. The van der Waals surface area contributed by atoms with E-state index >= 15 is 0 Å². The number of nitrogens with zero attached hydrogens (tertiary/aromatic N) is 3. The predicted octanol–water partition coefficient (Wildman–Crippen LogP) is 5.86. The number of oxime groups is 1. The highest BCUT2D eigenvalue weighted by molar-refractivity contribution is 6.01. The van der Waals surface area contributed by atoms with Gasteiger partial charge in [0.15, 0.2) is 0 Å². The number of aryl methyl sites for hydroxylation is 2. The van der Waals surface area contributed by atoms with Crippen molar-refractivity contribution in [1.82, 2.24) is 9.97 Å². The Morgan fingerprint density at radius 3 is 2.15 bits per heavy atom. The van der Waals surface area contributed by atoms with E-state index < -0.39 is 5.97 Å². The summed E-state index contributed by atoms with van der Waals surface area (Å²) in [6.45, 7) is 3.93. The van der Waals surface area contributed by atoms with Crippen LogP contribution in [0.1, 0.15) is 50.8 Å². The minimum Gasteiger partial charge on any atom is -0.478 e. The topological polar surface area (TPSA) is 95.7 Å². The Morgan fingerprint density at radius 2 is 1.56 bits per heavy atom. The Balaban J connectivity index is 1.69. The van der Waals surface area contributed by atoms with E-state index in [0.29, 0.717) is 12.1 Å². The maximum atomic E-state index is 11.1. The van der Waals surface area contributed by atoms with Crippen molar-refractivity contribution in [3.05, 3.63) is 119 Å². The molecule has 34 heavy (non-hydrogen) atoms. The lowest BCUT2D eigenvalue weighted by molar-refractivity contribution is 0.0697. The van der Waals surface area contributed by atoms with Crippen molar-refractivity contribution in [2.24, 2.45) is 5.16 Å². The van der Waals surface area contributed by atoms with Crippen LogP contribution < -0.4 is 0 Å². The second-order valence-electron chi connectivity index (χ2n) is 8.20. The molecule has 6 heteroatoms. The Labute approximate surface area is 198 Å². The van der Waals surface area contributed by atoms with E-state index in [4.69, 9.17) is 5.11 Å². The van der Waals surface area contributed by atoms with Crippen LogP contribution in [0.4, 0.5) is 0 Å². The van der Waals surface area contributed by atoms with Crippen molar-refractivity contribution >= 4 is 11.7 Å². The van der Waals surface area contributed by atoms with Gasteiger partial charge in [0.05, 0.1) is 17.0 Å². The first-order valence-electron chi connectivity index (χ1n) is 11.0. The van der Waals surface area contributed by atoms with Gasteiger partial charge in [-0.3, -0.25) is 9.97 Å². The molecule has 0 fully saturated rings. The van der Waals surface area contributed by atoms with Gasteiger partial charge in [0.25, 0.3) is 0 Å². The Kier molecular flexibility index (Phi) is 6.78. The zero-order valence-corrected chi connectivity index (χ0v) is 19.0. The molecule has 4 rings (SSSR count). The number of carboxylic acids is 1. The van der Waals surface area contributed by atoms with Crippen LogP contribution in [0.3, 0.4) is 0 Å². The minimum absolute atomic E-state index is 0.121. The lowest BCUT2D eigenvalue weighted by atomic mass is 9.86. The third kappa shape index (κ3) is 5.02. The Hall–Kier alpha value is -4.32. The minimum atomic E-state index is -0.943. The molecule has 2 heterocycles. The number of carboxylic acid groups (broad SMARTS) is 1. The van der Waals surface area contributed by atoms with Gasteiger partial charge in [-0.05, 0) is 66.4 Å². The molecular weight excluding hydrogens is 426 g/mol. The molecule has 170 valence electrons. The SMILES string of the molecule is Cc1cc(C(CC(c2ccc(-c3ccc(C(=O)O)cc3)cc2)c2ncccc2C)=NO)ccn1. The van der Waals surface area contributed by atoms with Gasteiger partial charge in [-0.15, -0.1) is 0 Å². The quantitative estimate of drug-likeness (QED) is 0.208. The summed E-state index contributed by atoms with van der Waals surface area (Å²) in [5.41, 5.74) is 7.44. The fourth-order valence-corrected chi connectivity index (χ4v) is 4.08. The molecule has 2 N–H and O–H groups in total. The van der Waals surface area contributed by atoms with Crippen molar-refractivity contribution in [3.8, 4) is 11.1 Å². The summed E-state index contributed by atoms with van der Waals surface area (Å²) >= 11 is 0. The third-order valence-corrected chi connectivity index (χ3v) is 5.91. The lowest BCUT2D eigenvalue weighted by Crippen LogP contribution is -2.13. The summed E-state index contributed by atoms with van der Waals surface area (Å²) < 4.78 is 0. The number of hydrogen-bond acceptors (Lipinski definition) is 5. The molecule has 0 saturated heterocycles. The molecule has 1 unspecified atom stereocenters. The maximum Gasteiger partial charge on any atom is 0.335 e. The number of carbonyl (C=O) groups is 1. The molecule has 0 aliphatic carbocycles. The van der Waals surface area contributed by atoms with Crippen molar-refractivity contribution < 1.29 is 15.1 Å². The molecule has 6 nitrogen and oxygen atoms in total. The molecule has 4 aromatic rings. The maximum absolute atomic E-state index is 11.1. The molecule has 2 aromatic heterocycles. The summed E-state index contributed by atoms with van der Waals surface area (Å²) in [6, 6.07) is 22.6. The van der Waals surface area contributed by atoms with Crippen LogP contribution in [0.5, 0.6) is 0 Å². The van der Waals surface area contributed by atoms with Gasteiger partial charge in [0, 0.05) is 36.0 Å². The summed E-state index contributed by atoms with van der Waals surface area (Å²) in [5, 5.41) is 22.6. The van der Waals surface area contributed by atoms with Crippen molar-refractivity contribution in [3.63, 3.8) is 0 Å². The number of hydrogen-bond donors (Lipinski definition) is 2. The number of aromatic nitrogens is 2. The molecule has 0 aliphatic rings. The molecule has 0 saturated carbocycles. The van der Waals surface area contributed by atoms with Gasteiger partial charge in [-0.1, -0.05) is 47.6 Å². The monoisotopic (exact) mass is 451 g/mol. The van der Waals surface area contributed by atoms with Crippen LogP contribution in [0.15, 0.2) is 90.3 Å². The standard InChI is InChI=1S/C28H25N3O3/c1-18-4-3-14-30-27(18)25(17-26(31-34)24-13-15-29-19(2)16-24)22-9-5-20(6-10-22)21-7-11-23(12-8-21)28(32)33/h3-16,25,34H,17H2,1-2H3,(H,32,33). The average molecular weight is 452 g/mol. The molecule has 0 aliphatic heterocycles.